The van der Waals surface area contributed by atoms with E-state index >= 15 is 0 Å². The molecule has 2 aromatic rings. The maximum atomic E-state index is 11.6. The van der Waals surface area contributed by atoms with E-state index in [1.54, 1.807) is 13.0 Å². The SMILES string of the molecule is Cc1cccc(OCC(=O)NNC(=O)c2cc(C)no2)c1. The average Bonchev–Trinajstić information content (AvgIpc) is 2.89. The lowest BCUT2D eigenvalue weighted by molar-refractivity contribution is -0.123. The lowest BCUT2D eigenvalue weighted by atomic mass is 10.2. The Bertz CT molecular complexity index is 651. The van der Waals surface area contributed by atoms with Crippen LogP contribution in [-0.2, 0) is 4.79 Å². The van der Waals surface area contributed by atoms with Crippen molar-refractivity contribution in [2.45, 2.75) is 13.8 Å². The van der Waals surface area contributed by atoms with Crippen molar-refractivity contribution >= 4 is 11.8 Å². The third-order valence-electron chi connectivity index (χ3n) is 2.53. The summed E-state index contributed by atoms with van der Waals surface area (Å²) < 4.78 is 10.0. The molecule has 0 aliphatic heterocycles. The quantitative estimate of drug-likeness (QED) is 0.823. The first-order valence-corrected chi connectivity index (χ1v) is 6.26. The molecule has 0 fully saturated rings. The van der Waals surface area contributed by atoms with Gasteiger partial charge in [-0.25, -0.2) is 0 Å². The van der Waals surface area contributed by atoms with Crippen LogP contribution in [-0.4, -0.2) is 23.6 Å². The number of nitrogens with zero attached hydrogens (tertiary/aromatic N) is 1. The summed E-state index contributed by atoms with van der Waals surface area (Å²) in [5.41, 5.74) is 6.04. The first-order valence-electron chi connectivity index (χ1n) is 6.26. The van der Waals surface area contributed by atoms with Crippen molar-refractivity contribution in [3.8, 4) is 5.75 Å². The average molecular weight is 289 g/mol. The molecule has 110 valence electrons. The molecule has 0 unspecified atom stereocenters. The van der Waals surface area contributed by atoms with Crippen LogP contribution in [0.3, 0.4) is 0 Å². The number of carbonyl (C=O) groups is 2. The van der Waals surface area contributed by atoms with Crippen LogP contribution in [0.5, 0.6) is 5.75 Å². The molecule has 0 radical (unpaired) electrons. The molecule has 7 heteroatoms. The Morgan fingerprint density at radius 1 is 1.24 bits per heavy atom. The summed E-state index contributed by atoms with van der Waals surface area (Å²) in [6.07, 6.45) is 0. The number of benzene rings is 1. The summed E-state index contributed by atoms with van der Waals surface area (Å²) in [5, 5.41) is 3.58. The van der Waals surface area contributed by atoms with E-state index in [0.29, 0.717) is 11.4 Å². The third-order valence-corrected chi connectivity index (χ3v) is 2.53. The van der Waals surface area contributed by atoms with Crippen LogP contribution in [0.25, 0.3) is 0 Å². The minimum Gasteiger partial charge on any atom is -0.484 e. The predicted molar refractivity (Wildman–Crippen MR) is 73.5 cm³/mol. The second kappa shape index (κ2) is 6.56. The van der Waals surface area contributed by atoms with E-state index in [9.17, 15) is 9.59 Å². The molecule has 0 atom stereocenters. The van der Waals surface area contributed by atoms with Gasteiger partial charge < -0.3 is 9.26 Å². The normalized spacial score (nSPS) is 10.0. The number of aryl methyl sites for hydroxylation is 2. The number of hydrogen-bond donors (Lipinski definition) is 2. The Hall–Kier alpha value is -2.83. The fraction of sp³-hybridized carbons (Fsp3) is 0.214. The van der Waals surface area contributed by atoms with E-state index < -0.39 is 11.8 Å². The molecule has 1 heterocycles. The van der Waals surface area contributed by atoms with Gasteiger partial charge in [0.2, 0.25) is 5.76 Å². The number of carbonyl (C=O) groups excluding carboxylic acids is 2. The molecule has 0 aliphatic carbocycles. The predicted octanol–water partition coefficient (Wildman–Crippen LogP) is 1.13. The van der Waals surface area contributed by atoms with Crippen molar-refractivity contribution in [3.63, 3.8) is 0 Å². The molecule has 0 saturated heterocycles. The first-order chi connectivity index (χ1) is 10.0. The molecular weight excluding hydrogens is 274 g/mol. The lowest BCUT2D eigenvalue weighted by Gasteiger charge is -2.08. The number of ether oxygens (including phenoxy) is 1. The van der Waals surface area contributed by atoms with Crippen LogP contribution >= 0.6 is 0 Å². The Morgan fingerprint density at radius 2 is 2.05 bits per heavy atom. The topological polar surface area (TPSA) is 93.5 Å². The zero-order valence-corrected chi connectivity index (χ0v) is 11.7. The van der Waals surface area contributed by atoms with Gasteiger partial charge in [-0.05, 0) is 31.5 Å². The van der Waals surface area contributed by atoms with Gasteiger partial charge in [0, 0.05) is 6.07 Å². The lowest BCUT2D eigenvalue weighted by Crippen LogP contribution is -2.43. The van der Waals surface area contributed by atoms with E-state index in [-0.39, 0.29) is 12.4 Å². The Labute approximate surface area is 121 Å². The van der Waals surface area contributed by atoms with Gasteiger partial charge in [0.15, 0.2) is 6.61 Å². The number of hydrazine groups is 1. The van der Waals surface area contributed by atoms with E-state index in [0.717, 1.165) is 5.56 Å². The highest BCUT2D eigenvalue weighted by atomic mass is 16.5. The molecular formula is C14H15N3O4. The fourth-order valence-electron chi connectivity index (χ4n) is 1.55. The molecule has 2 N–H and O–H groups in total. The summed E-state index contributed by atoms with van der Waals surface area (Å²) in [4.78, 5) is 23.1. The Balaban J connectivity index is 1.76. The molecule has 21 heavy (non-hydrogen) atoms. The van der Waals surface area contributed by atoms with Crippen molar-refractivity contribution in [2.75, 3.05) is 6.61 Å². The molecule has 1 aromatic carbocycles. The smallest absolute Gasteiger partial charge is 0.308 e. The van der Waals surface area contributed by atoms with Crippen molar-refractivity contribution in [3.05, 3.63) is 47.3 Å². The first kappa shape index (κ1) is 14.6. The zero-order valence-electron chi connectivity index (χ0n) is 11.7. The standard InChI is InChI=1S/C14H15N3O4/c1-9-4-3-5-11(6-9)20-8-13(18)15-16-14(19)12-7-10(2)17-21-12/h3-7H,8H2,1-2H3,(H,15,18)(H,16,19). The van der Waals surface area contributed by atoms with E-state index in [4.69, 9.17) is 9.26 Å². The second-order valence-corrected chi connectivity index (χ2v) is 4.44. The minimum atomic E-state index is -0.584. The fourth-order valence-corrected chi connectivity index (χ4v) is 1.55. The number of rotatable bonds is 4. The minimum absolute atomic E-state index is 0.0207. The summed E-state index contributed by atoms with van der Waals surface area (Å²) in [6.45, 7) is 3.40. The molecule has 1 aromatic heterocycles. The van der Waals surface area contributed by atoms with Crippen LogP contribution in [0, 0.1) is 13.8 Å². The summed E-state index contributed by atoms with van der Waals surface area (Å²) >= 11 is 0. The van der Waals surface area contributed by atoms with Gasteiger partial charge in [-0.2, -0.15) is 0 Å². The maximum Gasteiger partial charge on any atom is 0.308 e. The zero-order chi connectivity index (χ0) is 15.2. The third kappa shape index (κ3) is 4.34. The number of amides is 2. The van der Waals surface area contributed by atoms with Crippen molar-refractivity contribution < 1.29 is 18.8 Å². The van der Waals surface area contributed by atoms with Crippen molar-refractivity contribution in [2.24, 2.45) is 0 Å². The van der Waals surface area contributed by atoms with Gasteiger partial charge in [-0.3, -0.25) is 20.4 Å². The maximum absolute atomic E-state index is 11.6. The van der Waals surface area contributed by atoms with Crippen LogP contribution in [0.4, 0.5) is 0 Å². The molecule has 2 amide bonds. The summed E-state index contributed by atoms with van der Waals surface area (Å²) in [7, 11) is 0. The Morgan fingerprint density at radius 3 is 2.71 bits per heavy atom. The second-order valence-electron chi connectivity index (χ2n) is 4.44. The molecule has 0 saturated carbocycles. The largest absolute Gasteiger partial charge is 0.484 e. The highest BCUT2D eigenvalue weighted by molar-refractivity contribution is 5.93. The van der Waals surface area contributed by atoms with Crippen LogP contribution in [0.2, 0.25) is 0 Å². The highest BCUT2D eigenvalue weighted by Crippen LogP contribution is 2.11. The molecule has 0 bridgehead atoms. The monoisotopic (exact) mass is 289 g/mol. The van der Waals surface area contributed by atoms with Gasteiger partial charge >= 0.3 is 5.91 Å². The number of hydrogen-bond acceptors (Lipinski definition) is 5. The molecule has 2 rings (SSSR count). The van der Waals surface area contributed by atoms with Gasteiger partial charge in [-0.15, -0.1) is 0 Å². The van der Waals surface area contributed by atoms with Crippen molar-refractivity contribution in [1.82, 2.24) is 16.0 Å². The van der Waals surface area contributed by atoms with Crippen LogP contribution in [0.1, 0.15) is 21.8 Å². The van der Waals surface area contributed by atoms with Gasteiger partial charge in [0.25, 0.3) is 5.91 Å². The van der Waals surface area contributed by atoms with Gasteiger partial charge in [0.1, 0.15) is 5.75 Å². The van der Waals surface area contributed by atoms with Crippen LogP contribution in [0.15, 0.2) is 34.9 Å². The molecule has 7 nitrogen and oxygen atoms in total. The van der Waals surface area contributed by atoms with Crippen molar-refractivity contribution in [1.29, 1.82) is 0 Å². The van der Waals surface area contributed by atoms with E-state index in [2.05, 4.69) is 16.0 Å². The molecule has 0 spiro atoms. The van der Waals surface area contributed by atoms with Crippen LogP contribution < -0.4 is 15.6 Å². The van der Waals surface area contributed by atoms with Gasteiger partial charge in [0.05, 0.1) is 5.69 Å². The van der Waals surface area contributed by atoms with E-state index in [1.807, 2.05) is 25.1 Å². The summed E-state index contributed by atoms with van der Waals surface area (Å²) in [5.74, 6) is -0.463. The number of aromatic nitrogens is 1. The van der Waals surface area contributed by atoms with Gasteiger partial charge in [-0.1, -0.05) is 17.3 Å². The summed E-state index contributed by atoms with van der Waals surface area (Å²) in [6, 6.07) is 8.77. The highest BCUT2D eigenvalue weighted by Gasteiger charge is 2.12. The molecule has 0 aliphatic rings. The Kier molecular flexibility index (Phi) is 4.55. The number of nitrogens with one attached hydrogen (secondary N) is 2. The van der Waals surface area contributed by atoms with E-state index in [1.165, 1.54) is 6.07 Å².